The van der Waals surface area contributed by atoms with E-state index in [0.29, 0.717) is 10.8 Å². The molecule has 0 unspecified atom stereocenters. The number of hydrogen-bond donors (Lipinski definition) is 0. The number of halogens is 1. The highest BCUT2D eigenvalue weighted by molar-refractivity contribution is 7.13. The quantitative estimate of drug-likeness (QED) is 0.781. The summed E-state index contributed by atoms with van der Waals surface area (Å²) in [5, 5.41) is 3.45. The fourth-order valence-corrected chi connectivity index (χ4v) is 2.21. The molecule has 14 heavy (non-hydrogen) atoms. The van der Waals surface area contributed by atoms with Crippen LogP contribution in [0.15, 0.2) is 29.8 Å². The molecule has 0 amide bonds. The van der Waals surface area contributed by atoms with Gasteiger partial charge in [0.2, 0.25) is 0 Å². The molecular weight excluding hydrogens is 218 g/mol. The minimum absolute atomic E-state index is 0.616. The van der Waals surface area contributed by atoms with Crippen molar-refractivity contribution in [2.75, 3.05) is 7.11 Å². The van der Waals surface area contributed by atoms with Crippen molar-refractivity contribution in [2.24, 2.45) is 0 Å². The van der Waals surface area contributed by atoms with Crippen molar-refractivity contribution < 1.29 is 4.74 Å². The second kappa shape index (κ2) is 3.98. The molecule has 0 spiro atoms. The van der Waals surface area contributed by atoms with Gasteiger partial charge in [0.25, 0.3) is 0 Å². The van der Waals surface area contributed by atoms with Crippen LogP contribution in [0.4, 0.5) is 0 Å². The summed E-state index contributed by atoms with van der Waals surface area (Å²) in [6.45, 7) is 0. The van der Waals surface area contributed by atoms with Gasteiger partial charge in [0.05, 0.1) is 12.1 Å². The summed E-state index contributed by atoms with van der Waals surface area (Å²) in [4.78, 5) is 4.20. The monoisotopic (exact) mass is 225 g/mol. The molecule has 0 saturated carbocycles. The topological polar surface area (TPSA) is 22.1 Å². The molecule has 0 fully saturated rings. The normalized spacial score (nSPS) is 10.1. The van der Waals surface area contributed by atoms with Crippen LogP contribution in [0.3, 0.4) is 0 Å². The van der Waals surface area contributed by atoms with E-state index in [1.807, 2.05) is 23.6 Å². The SMILES string of the molecule is COc1cccc(-c2nccs2)c1Cl. The third-order valence-electron chi connectivity index (χ3n) is 1.85. The first-order valence-corrected chi connectivity index (χ1v) is 5.31. The molecule has 4 heteroatoms. The summed E-state index contributed by atoms with van der Waals surface area (Å²) >= 11 is 7.70. The molecule has 1 heterocycles. The van der Waals surface area contributed by atoms with Crippen LogP contribution in [0.1, 0.15) is 0 Å². The number of hydrogen-bond acceptors (Lipinski definition) is 3. The summed E-state index contributed by atoms with van der Waals surface area (Å²) < 4.78 is 5.13. The first kappa shape index (κ1) is 9.49. The van der Waals surface area contributed by atoms with Crippen LogP contribution in [0.5, 0.6) is 5.75 Å². The maximum absolute atomic E-state index is 6.14. The van der Waals surface area contributed by atoms with Gasteiger partial charge >= 0.3 is 0 Å². The smallest absolute Gasteiger partial charge is 0.138 e. The van der Waals surface area contributed by atoms with Gasteiger partial charge in [-0.05, 0) is 6.07 Å². The van der Waals surface area contributed by atoms with Gasteiger partial charge in [0.15, 0.2) is 0 Å². The number of nitrogens with zero attached hydrogens (tertiary/aromatic N) is 1. The molecule has 0 bridgehead atoms. The lowest BCUT2D eigenvalue weighted by molar-refractivity contribution is 0.415. The Balaban J connectivity index is 2.54. The molecule has 1 aromatic heterocycles. The zero-order chi connectivity index (χ0) is 9.97. The zero-order valence-electron chi connectivity index (χ0n) is 7.53. The molecule has 0 aliphatic heterocycles. The largest absolute Gasteiger partial charge is 0.495 e. The van der Waals surface area contributed by atoms with E-state index in [9.17, 15) is 0 Å². The Morgan fingerprint density at radius 2 is 2.29 bits per heavy atom. The van der Waals surface area contributed by atoms with Crippen LogP contribution in [0.25, 0.3) is 10.6 Å². The van der Waals surface area contributed by atoms with Gasteiger partial charge in [-0.15, -0.1) is 11.3 Å². The molecule has 0 radical (unpaired) electrons. The lowest BCUT2D eigenvalue weighted by Crippen LogP contribution is -1.86. The zero-order valence-corrected chi connectivity index (χ0v) is 9.10. The molecule has 2 nitrogen and oxygen atoms in total. The highest BCUT2D eigenvalue weighted by Gasteiger charge is 2.09. The third-order valence-corrected chi connectivity index (χ3v) is 3.04. The highest BCUT2D eigenvalue weighted by atomic mass is 35.5. The van der Waals surface area contributed by atoms with Crippen molar-refractivity contribution in [1.29, 1.82) is 0 Å². The van der Waals surface area contributed by atoms with Crippen molar-refractivity contribution in [3.05, 3.63) is 34.8 Å². The summed E-state index contributed by atoms with van der Waals surface area (Å²) in [5.41, 5.74) is 0.918. The summed E-state index contributed by atoms with van der Waals surface area (Å²) in [6, 6.07) is 5.67. The Morgan fingerprint density at radius 1 is 1.43 bits per heavy atom. The first-order chi connectivity index (χ1) is 6.83. The molecule has 1 aromatic carbocycles. The predicted molar refractivity (Wildman–Crippen MR) is 59.1 cm³/mol. The van der Waals surface area contributed by atoms with Crippen molar-refractivity contribution >= 4 is 22.9 Å². The van der Waals surface area contributed by atoms with Gasteiger partial charge in [0, 0.05) is 17.1 Å². The Labute approximate surface area is 91.1 Å². The van der Waals surface area contributed by atoms with Crippen molar-refractivity contribution in [2.45, 2.75) is 0 Å². The Kier molecular flexibility index (Phi) is 2.70. The van der Waals surface area contributed by atoms with Crippen LogP contribution >= 0.6 is 22.9 Å². The minimum atomic E-state index is 0.616. The van der Waals surface area contributed by atoms with Gasteiger partial charge in [-0.3, -0.25) is 0 Å². The Morgan fingerprint density at radius 3 is 2.93 bits per heavy atom. The van der Waals surface area contributed by atoms with E-state index >= 15 is 0 Å². The number of ether oxygens (including phenoxy) is 1. The molecule has 0 aliphatic carbocycles. The predicted octanol–water partition coefficient (Wildman–Crippen LogP) is 3.47. The number of thiazole rings is 1. The maximum Gasteiger partial charge on any atom is 0.138 e. The Hall–Kier alpha value is -1.06. The molecule has 0 atom stereocenters. The fourth-order valence-electron chi connectivity index (χ4n) is 1.19. The van der Waals surface area contributed by atoms with Crippen LogP contribution in [0, 0.1) is 0 Å². The fraction of sp³-hybridized carbons (Fsp3) is 0.100. The van der Waals surface area contributed by atoms with Crippen molar-refractivity contribution in [3.63, 3.8) is 0 Å². The molecule has 2 rings (SSSR count). The second-order valence-electron chi connectivity index (χ2n) is 2.66. The van der Waals surface area contributed by atoms with E-state index in [1.54, 1.807) is 24.6 Å². The van der Waals surface area contributed by atoms with Gasteiger partial charge < -0.3 is 4.74 Å². The maximum atomic E-state index is 6.14. The van der Waals surface area contributed by atoms with E-state index in [1.165, 1.54) is 0 Å². The first-order valence-electron chi connectivity index (χ1n) is 4.05. The summed E-state index contributed by atoms with van der Waals surface area (Å²) in [5.74, 6) is 0.680. The van der Waals surface area contributed by atoms with E-state index in [4.69, 9.17) is 16.3 Å². The number of benzene rings is 1. The molecular formula is C10H8ClNOS. The molecule has 72 valence electrons. The minimum Gasteiger partial charge on any atom is -0.495 e. The van der Waals surface area contributed by atoms with E-state index in [2.05, 4.69) is 4.98 Å². The second-order valence-corrected chi connectivity index (χ2v) is 3.93. The molecule has 0 N–H and O–H groups in total. The number of rotatable bonds is 2. The van der Waals surface area contributed by atoms with E-state index in [-0.39, 0.29) is 0 Å². The van der Waals surface area contributed by atoms with Crippen LogP contribution in [-0.4, -0.2) is 12.1 Å². The van der Waals surface area contributed by atoms with Gasteiger partial charge in [-0.1, -0.05) is 23.7 Å². The lowest BCUT2D eigenvalue weighted by Gasteiger charge is -2.05. The van der Waals surface area contributed by atoms with Gasteiger partial charge in [-0.2, -0.15) is 0 Å². The van der Waals surface area contributed by atoms with E-state index < -0.39 is 0 Å². The van der Waals surface area contributed by atoms with Crippen LogP contribution < -0.4 is 4.74 Å². The van der Waals surface area contributed by atoms with E-state index in [0.717, 1.165) is 10.6 Å². The number of aromatic nitrogens is 1. The van der Waals surface area contributed by atoms with Crippen molar-refractivity contribution in [3.8, 4) is 16.3 Å². The third kappa shape index (κ3) is 1.61. The lowest BCUT2D eigenvalue weighted by atomic mass is 10.2. The van der Waals surface area contributed by atoms with Crippen LogP contribution in [0.2, 0.25) is 5.02 Å². The standard InChI is InChI=1S/C10H8ClNOS/c1-13-8-4-2-3-7(9(8)11)10-12-5-6-14-10/h2-6H,1H3. The van der Waals surface area contributed by atoms with Gasteiger partial charge in [0.1, 0.15) is 10.8 Å². The Bertz CT molecular complexity index is 428. The van der Waals surface area contributed by atoms with Gasteiger partial charge in [-0.25, -0.2) is 4.98 Å². The average Bonchev–Trinajstić information content (AvgIpc) is 2.71. The number of methoxy groups -OCH3 is 1. The molecule has 0 aliphatic rings. The molecule has 0 saturated heterocycles. The average molecular weight is 226 g/mol. The highest BCUT2D eigenvalue weighted by Crippen LogP contribution is 2.35. The molecule has 2 aromatic rings. The summed E-state index contributed by atoms with van der Waals surface area (Å²) in [6.07, 6.45) is 1.76. The summed E-state index contributed by atoms with van der Waals surface area (Å²) in [7, 11) is 1.60. The van der Waals surface area contributed by atoms with Crippen molar-refractivity contribution in [1.82, 2.24) is 4.98 Å². The van der Waals surface area contributed by atoms with Crippen LogP contribution in [-0.2, 0) is 0 Å².